The van der Waals surface area contributed by atoms with Crippen LogP contribution < -0.4 is 5.32 Å². The first kappa shape index (κ1) is 7.18. The fourth-order valence-corrected chi connectivity index (χ4v) is 1.07. The predicted octanol–water partition coefficient (Wildman–Crippen LogP) is -0.933. The van der Waals surface area contributed by atoms with Crippen LogP contribution in [0.4, 0.5) is 0 Å². The summed E-state index contributed by atoms with van der Waals surface area (Å²) in [5.41, 5.74) is 0. The zero-order valence-electron chi connectivity index (χ0n) is 4.65. The van der Waals surface area contributed by atoms with Gasteiger partial charge < -0.3 is 15.1 Å². The van der Waals surface area contributed by atoms with Crippen molar-refractivity contribution in [2.75, 3.05) is 13.1 Å². The summed E-state index contributed by atoms with van der Waals surface area (Å²) in [6.07, 6.45) is -0.300. The van der Waals surface area contributed by atoms with E-state index >= 15 is 0 Å². The van der Waals surface area contributed by atoms with E-state index in [-0.39, 0.29) is 6.10 Å². The zero-order chi connectivity index (χ0) is 6.91. The van der Waals surface area contributed by atoms with Crippen molar-refractivity contribution in [1.82, 2.24) is 5.32 Å². The molecular weight excluding hydrogens is 145 g/mol. The first-order valence-corrected chi connectivity index (χ1v) is 4.05. The van der Waals surface area contributed by atoms with Gasteiger partial charge in [-0.05, 0) is 0 Å². The minimum absolute atomic E-state index is 0.300. The van der Waals surface area contributed by atoms with Crippen LogP contribution in [0.5, 0.6) is 0 Å². The monoisotopic (exact) mass is 153 g/mol. The van der Waals surface area contributed by atoms with E-state index in [0.29, 0.717) is 13.1 Å². The van der Waals surface area contributed by atoms with Gasteiger partial charge in [0.2, 0.25) is 0 Å². The molecule has 9 heavy (non-hydrogen) atoms. The molecule has 1 aliphatic rings. The molecule has 1 aliphatic heterocycles. The Hall–Kier alpha value is 0.0700. The van der Waals surface area contributed by atoms with Gasteiger partial charge in [-0.1, -0.05) is 0 Å². The Morgan fingerprint density at radius 1 is 1.56 bits per heavy atom. The maximum Gasteiger partial charge on any atom is 0.469 e. The Kier molecular flexibility index (Phi) is 1.88. The standard InChI is InChI=1S/C3H8NO4P/c5-9(6,7)8-3-1-4-2-3/h3-4H,1-2H2,(H2,5,6,7). The maximum atomic E-state index is 10.1. The Labute approximate surface area is 52.3 Å². The van der Waals surface area contributed by atoms with Gasteiger partial charge in [0.05, 0.1) is 6.10 Å². The molecule has 0 amide bonds. The molecule has 1 fully saturated rings. The van der Waals surface area contributed by atoms with Crippen LogP contribution in [0.25, 0.3) is 0 Å². The Balaban J connectivity index is 2.24. The van der Waals surface area contributed by atoms with Crippen LogP contribution in [-0.2, 0) is 9.09 Å². The van der Waals surface area contributed by atoms with E-state index in [4.69, 9.17) is 9.79 Å². The molecule has 5 nitrogen and oxygen atoms in total. The highest BCUT2D eigenvalue weighted by Gasteiger charge is 2.26. The first-order chi connectivity index (χ1) is 4.08. The lowest BCUT2D eigenvalue weighted by Gasteiger charge is -2.26. The third kappa shape index (κ3) is 2.43. The number of rotatable bonds is 2. The smallest absolute Gasteiger partial charge is 0.311 e. The minimum atomic E-state index is -4.23. The van der Waals surface area contributed by atoms with Gasteiger partial charge in [0.1, 0.15) is 0 Å². The van der Waals surface area contributed by atoms with E-state index in [1.165, 1.54) is 0 Å². The molecule has 6 heteroatoms. The lowest BCUT2D eigenvalue weighted by atomic mass is 10.2. The van der Waals surface area contributed by atoms with Crippen molar-refractivity contribution in [3.05, 3.63) is 0 Å². The van der Waals surface area contributed by atoms with Crippen molar-refractivity contribution < 1.29 is 18.9 Å². The van der Waals surface area contributed by atoms with Crippen molar-refractivity contribution in [3.8, 4) is 0 Å². The van der Waals surface area contributed by atoms with Crippen molar-refractivity contribution in [2.45, 2.75) is 6.10 Å². The zero-order valence-corrected chi connectivity index (χ0v) is 5.54. The highest BCUT2D eigenvalue weighted by atomic mass is 31.2. The largest absolute Gasteiger partial charge is 0.469 e. The van der Waals surface area contributed by atoms with Crippen molar-refractivity contribution in [1.29, 1.82) is 0 Å². The summed E-state index contributed by atoms with van der Waals surface area (Å²) < 4.78 is 14.4. The van der Waals surface area contributed by atoms with Crippen molar-refractivity contribution >= 4 is 7.82 Å². The number of phosphoric acid groups is 1. The summed E-state index contributed by atoms with van der Waals surface area (Å²) in [6.45, 7) is 1.07. The summed E-state index contributed by atoms with van der Waals surface area (Å²) in [7, 11) is -4.23. The van der Waals surface area contributed by atoms with E-state index < -0.39 is 7.82 Å². The summed E-state index contributed by atoms with van der Waals surface area (Å²) in [5, 5.41) is 2.82. The van der Waals surface area contributed by atoms with Gasteiger partial charge >= 0.3 is 7.82 Å². The molecule has 0 atom stereocenters. The lowest BCUT2D eigenvalue weighted by Crippen LogP contribution is -2.47. The molecule has 0 bridgehead atoms. The molecule has 0 aromatic carbocycles. The van der Waals surface area contributed by atoms with Crippen molar-refractivity contribution in [3.63, 3.8) is 0 Å². The Morgan fingerprint density at radius 3 is 2.22 bits per heavy atom. The van der Waals surface area contributed by atoms with E-state index in [9.17, 15) is 4.57 Å². The number of phosphoric ester groups is 1. The molecule has 0 aromatic heterocycles. The van der Waals surface area contributed by atoms with Crippen LogP contribution in [0.3, 0.4) is 0 Å². The molecular formula is C3H8NO4P. The molecule has 0 saturated carbocycles. The van der Waals surface area contributed by atoms with Crippen LogP contribution in [0.1, 0.15) is 0 Å². The van der Waals surface area contributed by atoms with Gasteiger partial charge in [-0.15, -0.1) is 0 Å². The second kappa shape index (κ2) is 2.36. The van der Waals surface area contributed by atoms with Gasteiger partial charge in [0.25, 0.3) is 0 Å². The van der Waals surface area contributed by atoms with E-state index in [1.807, 2.05) is 0 Å². The summed E-state index contributed by atoms with van der Waals surface area (Å²) in [5.74, 6) is 0. The molecule has 1 rings (SSSR count). The Morgan fingerprint density at radius 2 is 2.11 bits per heavy atom. The molecule has 0 aromatic rings. The number of hydrogen-bond acceptors (Lipinski definition) is 3. The third-order valence-corrected chi connectivity index (χ3v) is 1.60. The topological polar surface area (TPSA) is 78.8 Å². The van der Waals surface area contributed by atoms with Crippen molar-refractivity contribution in [2.24, 2.45) is 0 Å². The van der Waals surface area contributed by atoms with Gasteiger partial charge in [0.15, 0.2) is 0 Å². The van der Waals surface area contributed by atoms with Crippen LogP contribution in [-0.4, -0.2) is 29.0 Å². The van der Waals surface area contributed by atoms with Crippen LogP contribution in [0, 0.1) is 0 Å². The molecule has 54 valence electrons. The van der Waals surface area contributed by atoms with E-state index in [1.54, 1.807) is 0 Å². The van der Waals surface area contributed by atoms with Gasteiger partial charge in [-0.25, -0.2) is 4.57 Å². The highest BCUT2D eigenvalue weighted by molar-refractivity contribution is 7.46. The normalized spacial score (nSPS) is 21.6. The predicted molar refractivity (Wildman–Crippen MR) is 29.8 cm³/mol. The molecule has 0 unspecified atom stereocenters. The number of hydrogen-bond donors (Lipinski definition) is 3. The first-order valence-electron chi connectivity index (χ1n) is 2.52. The van der Waals surface area contributed by atoms with Crippen LogP contribution in [0.15, 0.2) is 0 Å². The van der Waals surface area contributed by atoms with Crippen LogP contribution in [0.2, 0.25) is 0 Å². The molecule has 0 radical (unpaired) electrons. The van der Waals surface area contributed by atoms with Crippen LogP contribution >= 0.6 is 7.82 Å². The van der Waals surface area contributed by atoms with Gasteiger partial charge in [0, 0.05) is 13.1 Å². The second-order valence-corrected chi connectivity index (χ2v) is 3.07. The fraction of sp³-hybridized carbons (Fsp3) is 1.00. The Bertz CT molecular complexity index is 139. The summed E-state index contributed by atoms with van der Waals surface area (Å²) in [6, 6.07) is 0. The van der Waals surface area contributed by atoms with E-state index in [2.05, 4.69) is 9.84 Å². The third-order valence-electron chi connectivity index (χ3n) is 1.03. The SMILES string of the molecule is O=P(O)(O)OC1CNC1. The molecule has 1 saturated heterocycles. The molecule has 0 spiro atoms. The minimum Gasteiger partial charge on any atom is -0.311 e. The van der Waals surface area contributed by atoms with Gasteiger partial charge in [-0.2, -0.15) is 0 Å². The average Bonchev–Trinajstić information content (AvgIpc) is 1.53. The average molecular weight is 153 g/mol. The number of nitrogens with one attached hydrogen (secondary N) is 1. The fourth-order valence-electron chi connectivity index (χ4n) is 0.531. The molecule has 0 aliphatic carbocycles. The second-order valence-electron chi connectivity index (χ2n) is 1.88. The summed E-state index contributed by atoms with van der Waals surface area (Å²) in [4.78, 5) is 16.4. The highest BCUT2D eigenvalue weighted by Crippen LogP contribution is 2.38. The van der Waals surface area contributed by atoms with E-state index in [0.717, 1.165) is 0 Å². The molecule has 1 heterocycles. The molecule has 3 N–H and O–H groups in total. The summed E-state index contributed by atoms with van der Waals surface area (Å²) >= 11 is 0. The lowest BCUT2D eigenvalue weighted by molar-refractivity contribution is 0.0946. The van der Waals surface area contributed by atoms with Gasteiger partial charge in [-0.3, -0.25) is 4.52 Å². The maximum absolute atomic E-state index is 10.1. The quantitative estimate of drug-likeness (QED) is 0.446.